The van der Waals surface area contributed by atoms with Gasteiger partial charge >= 0.3 is 0 Å². The van der Waals surface area contributed by atoms with Crippen LogP contribution in [0, 0.1) is 5.82 Å². The minimum atomic E-state index is -0.733. The summed E-state index contributed by atoms with van der Waals surface area (Å²) in [5.74, 6) is 2.29. The molecule has 0 aromatic heterocycles. The second-order valence-corrected chi connectivity index (χ2v) is 8.40. The monoisotopic (exact) mass is 479 g/mol. The van der Waals surface area contributed by atoms with Crippen molar-refractivity contribution in [3.05, 3.63) is 77.1 Å². The quantitative estimate of drug-likeness (QED) is 0.449. The van der Waals surface area contributed by atoms with Gasteiger partial charge in [-0.05, 0) is 65.2 Å². The Labute approximate surface area is 202 Å². The zero-order chi connectivity index (χ0) is 24.5. The normalized spacial score (nSPS) is 18.4. The van der Waals surface area contributed by atoms with Crippen LogP contribution in [0.2, 0.25) is 0 Å². The largest absolute Gasteiger partial charge is 0.493 e. The van der Waals surface area contributed by atoms with Crippen molar-refractivity contribution in [1.82, 2.24) is 4.90 Å². The summed E-state index contributed by atoms with van der Waals surface area (Å²) in [6, 6.07) is 15.0. The topological polar surface area (TPSA) is 66.5 Å². The van der Waals surface area contributed by atoms with Gasteiger partial charge < -0.3 is 28.6 Å². The molecule has 2 atom stereocenters. The zero-order valence-corrected chi connectivity index (χ0v) is 19.7. The predicted octanol–water partition coefficient (Wildman–Crippen LogP) is 4.32. The third kappa shape index (κ3) is 4.20. The molecule has 1 amide bonds. The number of carbonyl (C=O) groups is 1. The Bertz CT molecular complexity index is 1220. The van der Waals surface area contributed by atoms with E-state index in [1.165, 1.54) is 24.3 Å². The molecule has 3 aromatic rings. The number of nitrogens with zero attached hydrogens (tertiary/aromatic N) is 1. The maximum atomic E-state index is 13.4. The summed E-state index contributed by atoms with van der Waals surface area (Å²) >= 11 is 0. The maximum Gasteiger partial charge on any atom is 0.267 e. The SMILES string of the molecule is COc1cc(CN2C(=O)[C@H](Oc3ccc(F)cc3)[C@H]2c2ccc3c(c2)CCO3)cc(OC)c1OC. The number of amides is 1. The molecular formula is C27H26FNO6. The van der Waals surface area contributed by atoms with Gasteiger partial charge in [-0.15, -0.1) is 0 Å². The highest BCUT2D eigenvalue weighted by atomic mass is 19.1. The van der Waals surface area contributed by atoms with Crippen LogP contribution in [0.25, 0.3) is 0 Å². The van der Waals surface area contributed by atoms with Gasteiger partial charge in [-0.2, -0.15) is 0 Å². The zero-order valence-electron chi connectivity index (χ0n) is 19.7. The minimum Gasteiger partial charge on any atom is -0.493 e. The van der Waals surface area contributed by atoms with E-state index in [-0.39, 0.29) is 17.8 Å². The number of ether oxygens (including phenoxy) is 5. The molecule has 8 heteroatoms. The van der Waals surface area contributed by atoms with Crippen molar-refractivity contribution in [3.63, 3.8) is 0 Å². The predicted molar refractivity (Wildman–Crippen MR) is 126 cm³/mol. The number of likely N-dealkylation sites (tertiary alicyclic amines) is 1. The second kappa shape index (κ2) is 9.37. The Kier molecular flexibility index (Phi) is 6.11. The molecule has 0 radical (unpaired) electrons. The number of carbonyl (C=O) groups excluding carboxylic acids is 1. The first kappa shape index (κ1) is 22.8. The van der Waals surface area contributed by atoms with E-state index in [1.807, 2.05) is 24.3 Å². The van der Waals surface area contributed by atoms with E-state index >= 15 is 0 Å². The van der Waals surface area contributed by atoms with Crippen molar-refractivity contribution in [2.45, 2.75) is 25.1 Å². The fourth-order valence-electron chi connectivity index (χ4n) is 4.64. The van der Waals surface area contributed by atoms with Crippen LogP contribution < -0.4 is 23.7 Å². The second-order valence-electron chi connectivity index (χ2n) is 8.40. The smallest absolute Gasteiger partial charge is 0.267 e. The van der Waals surface area contributed by atoms with Crippen LogP contribution in [0.15, 0.2) is 54.6 Å². The van der Waals surface area contributed by atoms with E-state index in [0.717, 1.165) is 28.9 Å². The average Bonchev–Trinajstić information content (AvgIpc) is 3.36. The molecular weight excluding hydrogens is 453 g/mol. The van der Waals surface area contributed by atoms with Crippen LogP contribution in [0.4, 0.5) is 4.39 Å². The number of methoxy groups -OCH3 is 3. The van der Waals surface area contributed by atoms with Crippen LogP contribution in [0.5, 0.6) is 28.7 Å². The molecule has 0 bridgehead atoms. The van der Waals surface area contributed by atoms with E-state index in [0.29, 0.717) is 36.1 Å². The maximum absolute atomic E-state index is 13.4. The van der Waals surface area contributed by atoms with E-state index < -0.39 is 6.10 Å². The molecule has 0 aliphatic carbocycles. The lowest BCUT2D eigenvalue weighted by atomic mass is 9.88. The summed E-state index contributed by atoms with van der Waals surface area (Å²) in [6.45, 7) is 0.962. The molecule has 7 nitrogen and oxygen atoms in total. The van der Waals surface area contributed by atoms with Crippen molar-refractivity contribution in [3.8, 4) is 28.7 Å². The average molecular weight is 480 g/mol. The number of rotatable bonds is 8. The number of benzene rings is 3. The number of hydrogen-bond acceptors (Lipinski definition) is 6. The first-order valence-electron chi connectivity index (χ1n) is 11.3. The highest BCUT2D eigenvalue weighted by molar-refractivity contribution is 5.89. The molecule has 0 spiro atoms. The first-order valence-corrected chi connectivity index (χ1v) is 11.3. The van der Waals surface area contributed by atoms with Crippen LogP contribution in [0.1, 0.15) is 22.7 Å². The van der Waals surface area contributed by atoms with E-state index in [1.54, 1.807) is 26.2 Å². The minimum absolute atomic E-state index is 0.162. The van der Waals surface area contributed by atoms with Gasteiger partial charge in [-0.25, -0.2) is 4.39 Å². The molecule has 0 unspecified atom stereocenters. The summed E-state index contributed by atoms with van der Waals surface area (Å²) in [6.07, 6.45) is 0.0862. The van der Waals surface area contributed by atoms with Crippen molar-refractivity contribution < 1.29 is 32.9 Å². The summed E-state index contributed by atoms with van der Waals surface area (Å²) in [5, 5.41) is 0. The lowest BCUT2D eigenvalue weighted by Crippen LogP contribution is -2.60. The Morgan fingerprint density at radius 1 is 0.971 bits per heavy atom. The highest BCUT2D eigenvalue weighted by Crippen LogP contribution is 2.43. The molecule has 0 N–H and O–H groups in total. The number of β-lactam (4-membered cyclic amide) rings is 1. The van der Waals surface area contributed by atoms with Crippen molar-refractivity contribution >= 4 is 5.91 Å². The molecule has 1 fully saturated rings. The third-order valence-corrected chi connectivity index (χ3v) is 6.36. The molecule has 182 valence electrons. The van der Waals surface area contributed by atoms with Gasteiger partial charge in [0.15, 0.2) is 11.5 Å². The molecule has 2 aliphatic rings. The molecule has 2 heterocycles. The van der Waals surface area contributed by atoms with Gasteiger partial charge in [0.25, 0.3) is 5.91 Å². The summed E-state index contributed by atoms with van der Waals surface area (Å²) in [7, 11) is 4.65. The fraction of sp³-hybridized carbons (Fsp3) is 0.296. The summed E-state index contributed by atoms with van der Waals surface area (Å²) in [5.41, 5.74) is 2.88. The fourth-order valence-corrected chi connectivity index (χ4v) is 4.64. The lowest BCUT2D eigenvalue weighted by Gasteiger charge is -2.47. The van der Waals surface area contributed by atoms with Crippen LogP contribution in [-0.2, 0) is 17.8 Å². The molecule has 35 heavy (non-hydrogen) atoms. The standard InChI is InChI=1S/C27H26FNO6/c1-31-22-12-16(13-23(32-2)25(22)33-3)15-29-24(18-4-9-21-17(14-18)10-11-34-21)26(27(29)30)35-20-7-5-19(28)6-8-20/h4-9,12-14,24,26H,10-11,15H2,1-3H3/t24-,26-/m1/s1. The Balaban J connectivity index is 1.47. The molecule has 3 aromatic carbocycles. The van der Waals surface area contributed by atoms with Gasteiger partial charge in [0.05, 0.1) is 27.9 Å². The molecule has 2 aliphatic heterocycles. The van der Waals surface area contributed by atoms with Crippen LogP contribution >= 0.6 is 0 Å². The van der Waals surface area contributed by atoms with E-state index in [4.69, 9.17) is 23.7 Å². The molecule has 1 saturated heterocycles. The van der Waals surface area contributed by atoms with Gasteiger partial charge in [-0.1, -0.05) is 6.07 Å². The van der Waals surface area contributed by atoms with E-state index in [2.05, 4.69) is 6.07 Å². The van der Waals surface area contributed by atoms with Gasteiger partial charge in [0, 0.05) is 13.0 Å². The first-order chi connectivity index (χ1) is 17.0. The van der Waals surface area contributed by atoms with Crippen molar-refractivity contribution in [2.75, 3.05) is 27.9 Å². The summed E-state index contributed by atoms with van der Waals surface area (Å²) < 4.78 is 41.4. The molecule has 5 rings (SSSR count). The lowest BCUT2D eigenvalue weighted by molar-refractivity contribution is -0.165. The van der Waals surface area contributed by atoms with Gasteiger partial charge in [0.1, 0.15) is 23.4 Å². The van der Waals surface area contributed by atoms with Crippen molar-refractivity contribution in [2.24, 2.45) is 0 Å². The van der Waals surface area contributed by atoms with Crippen molar-refractivity contribution in [1.29, 1.82) is 0 Å². The van der Waals surface area contributed by atoms with E-state index in [9.17, 15) is 9.18 Å². The van der Waals surface area contributed by atoms with Crippen LogP contribution in [0.3, 0.4) is 0 Å². The number of fused-ring (bicyclic) bond motifs is 1. The highest BCUT2D eigenvalue weighted by Gasteiger charge is 2.50. The Morgan fingerprint density at radius 3 is 2.34 bits per heavy atom. The third-order valence-electron chi connectivity index (χ3n) is 6.36. The van der Waals surface area contributed by atoms with Crippen LogP contribution in [-0.4, -0.2) is 44.8 Å². The number of hydrogen-bond donors (Lipinski definition) is 0. The Hall–Kier alpha value is -3.94. The van der Waals surface area contributed by atoms with Gasteiger partial charge in [-0.3, -0.25) is 4.79 Å². The Morgan fingerprint density at radius 2 is 1.69 bits per heavy atom. The molecule has 0 saturated carbocycles. The summed E-state index contributed by atoms with van der Waals surface area (Å²) in [4.78, 5) is 15.1. The van der Waals surface area contributed by atoms with Gasteiger partial charge in [0.2, 0.25) is 11.9 Å². The number of halogens is 1.